The summed E-state index contributed by atoms with van der Waals surface area (Å²) in [5, 5.41) is 3.04. The van der Waals surface area contributed by atoms with E-state index in [2.05, 4.69) is 10.2 Å². The smallest absolute Gasteiger partial charge is 0.125 e. The van der Waals surface area contributed by atoms with E-state index in [0.717, 1.165) is 30.8 Å². The lowest BCUT2D eigenvalue weighted by atomic mass is 10.1. The van der Waals surface area contributed by atoms with Crippen LogP contribution in [-0.4, -0.2) is 47.6 Å². The van der Waals surface area contributed by atoms with E-state index in [0.29, 0.717) is 19.8 Å². The van der Waals surface area contributed by atoms with Gasteiger partial charge in [-0.15, -0.1) is 0 Å². The van der Waals surface area contributed by atoms with Crippen molar-refractivity contribution in [2.75, 3.05) is 52.5 Å². The fraction of sp³-hybridized carbons (Fsp3) is 0.600. The lowest BCUT2D eigenvalue weighted by molar-refractivity contribution is 0.191. The van der Waals surface area contributed by atoms with Crippen molar-refractivity contribution in [1.29, 1.82) is 0 Å². The van der Waals surface area contributed by atoms with Gasteiger partial charge in [0.2, 0.25) is 0 Å². The highest BCUT2D eigenvalue weighted by Crippen LogP contribution is 2.19. The summed E-state index contributed by atoms with van der Waals surface area (Å²) in [7, 11) is 5.21. The minimum absolute atomic E-state index is 0.207. The van der Waals surface area contributed by atoms with Crippen LogP contribution >= 0.6 is 0 Å². The number of hydrogen-bond acceptors (Lipinski definition) is 4. The molecule has 0 aromatic heterocycles. The zero-order chi connectivity index (χ0) is 14.8. The van der Waals surface area contributed by atoms with E-state index in [1.165, 1.54) is 0 Å². The standard InChI is InChI=1S/C15H25FN2O2/c1-17-12-13-9-14(16)11-15(10-13)18(6-8-20-3)5-4-7-19-2/h9-11,17H,4-8,12H2,1-3H3. The molecule has 0 heterocycles. The number of methoxy groups -OCH3 is 2. The maximum atomic E-state index is 13.7. The molecule has 0 radical (unpaired) electrons. The summed E-state index contributed by atoms with van der Waals surface area (Å²) in [5.74, 6) is -0.207. The van der Waals surface area contributed by atoms with Crippen molar-refractivity contribution in [2.24, 2.45) is 0 Å². The predicted octanol–water partition coefficient (Wildman–Crippen LogP) is 2.03. The third-order valence-electron chi connectivity index (χ3n) is 3.03. The van der Waals surface area contributed by atoms with Crippen LogP contribution in [0.15, 0.2) is 18.2 Å². The van der Waals surface area contributed by atoms with Crippen LogP contribution in [0.4, 0.5) is 10.1 Å². The van der Waals surface area contributed by atoms with E-state index in [9.17, 15) is 4.39 Å². The Balaban J connectivity index is 2.81. The highest BCUT2D eigenvalue weighted by Gasteiger charge is 2.09. The van der Waals surface area contributed by atoms with Gasteiger partial charge in [0.15, 0.2) is 0 Å². The SMILES string of the molecule is CNCc1cc(F)cc(N(CCCOC)CCOC)c1. The quantitative estimate of drug-likeness (QED) is 0.667. The van der Waals surface area contributed by atoms with Crippen LogP contribution in [0.5, 0.6) is 0 Å². The maximum absolute atomic E-state index is 13.7. The van der Waals surface area contributed by atoms with Gasteiger partial charge in [0, 0.05) is 46.1 Å². The summed E-state index contributed by atoms with van der Waals surface area (Å²) in [4.78, 5) is 2.13. The van der Waals surface area contributed by atoms with Crippen molar-refractivity contribution >= 4 is 5.69 Å². The van der Waals surface area contributed by atoms with Crippen LogP contribution in [0.2, 0.25) is 0 Å². The Kier molecular flexibility index (Phi) is 8.18. The van der Waals surface area contributed by atoms with Crippen molar-refractivity contribution in [1.82, 2.24) is 5.32 Å². The Labute approximate surface area is 120 Å². The van der Waals surface area contributed by atoms with Crippen LogP contribution in [0.3, 0.4) is 0 Å². The van der Waals surface area contributed by atoms with Gasteiger partial charge in [0.25, 0.3) is 0 Å². The third kappa shape index (κ3) is 5.86. The predicted molar refractivity (Wildman–Crippen MR) is 79.7 cm³/mol. The molecule has 0 saturated carbocycles. The second-order valence-electron chi connectivity index (χ2n) is 4.67. The second kappa shape index (κ2) is 9.69. The summed E-state index contributed by atoms with van der Waals surface area (Å²) in [6.07, 6.45) is 0.901. The molecule has 0 aliphatic carbocycles. The molecular weight excluding hydrogens is 259 g/mol. The first-order valence-electron chi connectivity index (χ1n) is 6.88. The number of anilines is 1. The number of hydrogen-bond donors (Lipinski definition) is 1. The zero-order valence-corrected chi connectivity index (χ0v) is 12.6. The number of halogens is 1. The molecular formula is C15H25FN2O2. The molecule has 114 valence electrons. The molecule has 0 aliphatic heterocycles. The van der Waals surface area contributed by atoms with Gasteiger partial charge in [-0.25, -0.2) is 4.39 Å². The van der Waals surface area contributed by atoms with E-state index < -0.39 is 0 Å². The molecule has 0 atom stereocenters. The van der Waals surface area contributed by atoms with Crippen molar-refractivity contribution in [3.8, 4) is 0 Å². The van der Waals surface area contributed by atoms with Crippen molar-refractivity contribution in [3.63, 3.8) is 0 Å². The summed E-state index contributed by atoms with van der Waals surface area (Å²) < 4.78 is 23.9. The Bertz CT molecular complexity index is 388. The first kappa shape index (κ1) is 16.9. The average Bonchev–Trinajstić information content (AvgIpc) is 2.42. The molecule has 0 fully saturated rings. The molecule has 0 aliphatic rings. The van der Waals surface area contributed by atoms with Gasteiger partial charge < -0.3 is 19.7 Å². The Hall–Kier alpha value is -1.17. The molecule has 4 nitrogen and oxygen atoms in total. The molecule has 0 amide bonds. The summed E-state index contributed by atoms with van der Waals surface area (Å²) in [5.41, 5.74) is 1.83. The molecule has 1 aromatic rings. The minimum atomic E-state index is -0.207. The highest BCUT2D eigenvalue weighted by molar-refractivity contribution is 5.49. The molecule has 0 bridgehead atoms. The van der Waals surface area contributed by atoms with Crippen molar-refractivity contribution in [2.45, 2.75) is 13.0 Å². The monoisotopic (exact) mass is 284 g/mol. The van der Waals surface area contributed by atoms with Crippen molar-refractivity contribution < 1.29 is 13.9 Å². The van der Waals surface area contributed by atoms with Gasteiger partial charge in [0.05, 0.1) is 6.61 Å². The summed E-state index contributed by atoms with van der Waals surface area (Å²) in [6.45, 7) is 3.52. The molecule has 20 heavy (non-hydrogen) atoms. The Morgan fingerprint density at radius 3 is 2.50 bits per heavy atom. The zero-order valence-electron chi connectivity index (χ0n) is 12.6. The Morgan fingerprint density at radius 1 is 1.10 bits per heavy atom. The van der Waals surface area contributed by atoms with Gasteiger partial charge in [-0.3, -0.25) is 0 Å². The van der Waals surface area contributed by atoms with E-state index in [4.69, 9.17) is 9.47 Å². The number of nitrogens with zero attached hydrogens (tertiary/aromatic N) is 1. The highest BCUT2D eigenvalue weighted by atomic mass is 19.1. The van der Waals surface area contributed by atoms with Gasteiger partial charge in [-0.1, -0.05) is 0 Å². The van der Waals surface area contributed by atoms with Crippen LogP contribution in [0.1, 0.15) is 12.0 Å². The lowest BCUT2D eigenvalue weighted by Crippen LogP contribution is -2.29. The number of nitrogens with one attached hydrogen (secondary N) is 1. The van der Waals surface area contributed by atoms with Crippen LogP contribution < -0.4 is 10.2 Å². The first-order chi connectivity index (χ1) is 9.71. The van der Waals surface area contributed by atoms with Crippen LogP contribution in [0.25, 0.3) is 0 Å². The van der Waals surface area contributed by atoms with Crippen LogP contribution in [-0.2, 0) is 16.0 Å². The number of ether oxygens (including phenoxy) is 2. The van der Waals surface area contributed by atoms with Gasteiger partial charge in [-0.2, -0.15) is 0 Å². The first-order valence-corrected chi connectivity index (χ1v) is 6.88. The molecule has 1 N–H and O–H groups in total. The number of benzene rings is 1. The molecule has 5 heteroatoms. The fourth-order valence-corrected chi connectivity index (χ4v) is 2.09. The van der Waals surface area contributed by atoms with Gasteiger partial charge in [-0.05, 0) is 37.2 Å². The van der Waals surface area contributed by atoms with Crippen molar-refractivity contribution in [3.05, 3.63) is 29.6 Å². The fourth-order valence-electron chi connectivity index (χ4n) is 2.09. The second-order valence-corrected chi connectivity index (χ2v) is 4.67. The van der Waals surface area contributed by atoms with Crippen LogP contribution in [0, 0.1) is 5.82 Å². The number of rotatable bonds is 10. The minimum Gasteiger partial charge on any atom is -0.385 e. The topological polar surface area (TPSA) is 33.7 Å². The molecule has 0 unspecified atom stereocenters. The molecule has 0 spiro atoms. The Morgan fingerprint density at radius 2 is 1.85 bits per heavy atom. The van der Waals surface area contributed by atoms with E-state index >= 15 is 0 Å². The largest absolute Gasteiger partial charge is 0.385 e. The maximum Gasteiger partial charge on any atom is 0.125 e. The molecule has 1 rings (SSSR count). The van der Waals surface area contributed by atoms with Gasteiger partial charge in [0.1, 0.15) is 5.82 Å². The third-order valence-corrected chi connectivity index (χ3v) is 3.03. The normalized spacial score (nSPS) is 10.8. The summed E-state index contributed by atoms with van der Waals surface area (Å²) in [6, 6.07) is 5.15. The van der Waals surface area contributed by atoms with Gasteiger partial charge >= 0.3 is 0 Å². The average molecular weight is 284 g/mol. The van der Waals surface area contributed by atoms with E-state index in [1.807, 2.05) is 13.1 Å². The van der Waals surface area contributed by atoms with E-state index in [-0.39, 0.29) is 5.82 Å². The molecule has 1 aromatic carbocycles. The summed E-state index contributed by atoms with van der Waals surface area (Å²) >= 11 is 0. The van der Waals surface area contributed by atoms with E-state index in [1.54, 1.807) is 26.4 Å². The lowest BCUT2D eigenvalue weighted by Gasteiger charge is -2.25. The molecule has 0 saturated heterocycles.